The fourth-order valence-corrected chi connectivity index (χ4v) is 1.56. The van der Waals surface area contributed by atoms with E-state index in [0.29, 0.717) is 22.9 Å². The van der Waals surface area contributed by atoms with Gasteiger partial charge in [-0.05, 0) is 31.0 Å². The van der Waals surface area contributed by atoms with Crippen molar-refractivity contribution in [2.75, 3.05) is 0 Å². The molecule has 0 saturated carbocycles. The van der Waals surface area contributed by atoms with Gasteiger partial charge in [-0.2, -0.15) is 0 Å². The van der Waals surface area contributed by atoms with Crippen LogP contribution < -0.4 is 0 Å². The molecule has 1 aromatic heterocycles. The van der Waals surface area contributed by atoms with E-state index < -0.39 is 0 Å². The van der Waals surface area contributed by atoms with Gasteiger partial charge in [0.1, 0.15) is 5.82 Å². The van der Waals surface area contributed by atoms with Gasteiger partial charge in [-0.25, -0.2) is 4.39 Å². The van der Waals surface area contributed by atoms with Gasteiger partial charge in [0, 0.05) is 5.56 Å². The Morgan fingerprint density at radius 1 is 1.41 bits per heavy atom. The predicted molar refractivity (Wildman–Crippen MR) is 66.4 cm³/mol. The van der Waals surface area contributed by atoms with Crippen LogP contribution >= 0.6 is 15.9 Å². The second kappa shape index (κ2) is 4.96. The summed E-state index contributed by atoms with van der Waals surface area (Å²) < 4.78 is 18.9. The van der Waals surface area contributed by atoms with Gasteiger partial charge in [-0.1, -0.05) is 28.9 Å². The number of nitrogens with zero attached hydrogens (tertiary/aromatic N) is 2. The van der Waals surface area contributed by atoms with Gasteiger partial charge in [0.2, 0.25) is 11.8 Å². The van der Waals surface area contributed by atoms with Gasteiger partial charge in [0.25, 0.3) is 0 Å². The van der Waals surface area contributed by atoms with Crippen molar-refractivity contribution in [3.8, 4) is 11.5 Å². The first-order valence-electron chi connectivity index (χ1n) is 5.35. The van der Waals surface area contributed by atoms with Crippen LogP contribution in [0.5, 0.6) is 0 Å². The molecule has 1 aromatic carbocycles. The topological polar surface area (TPSA) is 38.9 Å². The van der Waals surface area contributed by atoms with E-state index in [2.05, 4.69) is 26.1 Å². The lowest BCUT2D eigenvalue weighted by Crippen LogP contribution is -1.86. The number of hydrogen-bond acceptors (Lipinski definition) is 3. The first-order valence-corrected chi connectivity index (χ1v) is 6.27. The maximum Gasteiger partial charge on any atom is 0.247 e. The summed E-state index contributed by atoms with van der Waals surface area (Å²) >= 11 is 3.43. The number of aromatic nitrogens is 2. The third-order valence-corrected chi connectivity index (χ3v) is 3.52. The van der Waals surface area contributed by atoms with Crippen LogP contribution in [-0.2, 0) is 0 Å². The van der Waals surface area contributed by atoms with E-state index in [1.165, 1.54) is 6.07 Å². The summed E-state index contributed by atoms with van der Waals surface area (Å²) in [5.74, 6) is 0.591. The molecule has 2 aromatic rings. The lowest BCUT2D eigenvalue weighted by Gasteiger charge is -1.99. The van der Waals surface area contributed by atoms with Crippen LogP contribution in [0.15, 0.2) is 22.6 Å². The van der Waals surface area contributed by atoms with Crippen LogP contribution in [0, 0.1) is 12.7 Å². The highest BCUT2D eigenvalue weighted by Crippen LogP contribution is 2.28. The highest BCUT2D eigenvalue weighted by Gasteiger charge is 2.15. The Bertz CT molecular complexity index is 527. The van der Waals surface area contributed by atoms with E-state index in [-0.39, 0.29) is 10.6 Å². The van der Waals surface area contributed by atoms with Crippen LogP contribution in [0.2, 0.25) is 0 Å². The molecule has 2 rings (SSSR count). The summed E-state index contributed by atoms with van der Waals surface area (Å²) in [6, 6.07) is 4.87. The zero-order chi connectivity index (χ0) is 12.4. The summed E-state index contributed by atoms with van der Waals surface area (Å²) in [6.07, 6.45) is 0.851. The average Bonchev–Trinajstić information content (AvgIpc) is 2.81. The van der Waals surface area contributed by atoms with E-state index in [1.54, 1.807) is 19.1 Å². The van der Waals surface area contributed by atoms with E-state index >= 15 is 0 Å². The minimum absolute atomic E-state index is 0.0408. The molecule has 5 heteroatoms. The van der Waals surface area contributed by atoms with Crippen molar-refractivity contribution in [1.82, 2.24) is 10.2 Å². The van der Waals surface area contributed by atoms with Crippen LogP contribution in [0.4, 0.5) is 4.39 Å². The molecule has 0 aliphatic heterocycles. The fraction of sp³-hybridized carbons (Fsp3) is 0.333. The molecule has 0 spiro atoms. The molecule has 90 valence electrons. The Morgan fingerprint density at radius 3 is 2.82 bits per heavy atom. The largest absolute Gasteiger partial charge is 0.419 e. The molecule has 0 amide bonds. The zero-order valence-electron chi connectivity index (χ0n) is 9.58. The lowest BCUT2D eigenvalue weighted by atomic mass is 10.1. The predicted octanol–water partition coefficient (Wildman–Crippen LogP) is 4.03. The second-order valence-electron chi connectivity index (χ2n) is 3.79. The van der Waals surface area contributed by atoms with Gasteiger partial charge >= 0.3 is 0 Å². The Kier molecular flexibility index (Phi) is 3.57. The van der Waals surface area contributed by atoms with Crippen LogP contribution in [0.3, 0.4) is 0 Å². The number of aryl methyl sites for hydroxylation is 1. The fourth-order valence-electron chi connectivity index (χ4n) is 1.38. The molecule has 0 radical (unpaired) electrons. The van der Waals surface area contributed by atoms with E-state index in [4.69, 9.17) is 4.42 Å². The normalized spacial score (nSPS) is 12.7. The molecule has 17 heavy (non-hydrogen) atoms. The summed E-state index contributed by atoms with van der Waals surface area (Å²) in [5, 5.41) is 7.84. The molecule has 0 aliphatic carbocycles. The van der Waals surface area contributed by atoms with Crippen LogP contribution in [0.25, 0.3) is 11.5 Å². The van der Waals surface area contributed by atoms with Gasteiger partial charge < -0.3 is 4.42 Å². The highest BCUT2D eigenvalue weighted by molar-refractivity contribution is 9.09. The van der Waals surface area contributed by atoms with Crippen LogP contribution in [-0.4, -0.2) is 10.2 Å². The van der Waals surface area contributed by atoms with Gasteiger partial charge in [0.05, 0.1) is 4.83 Å². The monoisotopic (exact) mass is 298 g/mol. The van der Waals surface area contributed by atoms with Crippen molar-refractivity contribution in [1.29, 1.82) is 0 Å². The molecule has 0 N–H and O–H groups in total. The van der Waals surface area contributed by atoms with E-state index in [0.717, 1.165) is 6.42 Å². The van der Waals surface area contributed by atoms with E-state index in [1.807, 2.05) is 6.92 Å². The zero-order valence-corrected chi connectivity index (χ0v) is 11.2. The summed E-state index contributed by atoms with van der Waals surface area (Å²) in [7, 11) is 0. The highest BCUT2D eigenvalue weighted by atomic mass is 79.9. The maximum absolute atomic E-state index is 13.4. The molecule has 3 nitrogen and oxygen atoms in total. The third-order valence-electron chi connectivity index (χ3n) is 2.49. The Hall–Kier alpha value is -1.23. The molecule has 0 aliphatic rings. The standard InChI is InChI=1S/C12H12BrFN2O/c1-3-9(13)12-16-15-11(17-12)8-5-4-7(2)10(14)6-8/h4-6,9H,3H2,1-2H3. The quantitative estimate of drug-likeness (QED) is 0.803. The molecule has 0 saturated heterocycles. The van der Waals surface area contributed by atoms with Crippen molar-refractivity contribution in [2.45, 2.75) is 25.1 Å². The van der Waals surface area contributed by atoms with Gasteiger partial charge in [0.15, 0.2) is 0 Å². The second-order valence-corrected chi connectivity index (χ2v) is 4.89. The molecule has 0 bridgehead atoms. The molecule has 0 fully saturated rings. The Balaban J connectivity index is 2.33. The van der Waals surface area contributed by atoms with Crippen LogP contribution in [0.1, 0.15) is 29.6 Å². The number of alkyl halides is 1. The first kappa shape index (κ1) is 12.2. The van der Waals surface area contributed by atoms with Crippen molar-refractivity contribution in [3.63, 3.8) is 0 Å². The summed E-state index contributed by atoms with van der Waals surface area (Å²) in [5.41, 5.74) is 1.20. The van der Waals surface area contributed by atoms with Crippen molar-refractivity contribution in [2.24, 2.45) is 0 Å². The van der Waals surface area contributed by atoms with Gasteiger partial charge in [-0.15, -0.1) is 10.2 Å². The molecule has 1 heterocycles. The minimum atomic E-state index is -0.270. The number of hydrogen-bond donors (Lipinski definition) is 0. The van der Waals surface area contributed by atoms with Crippen molar-refractivity contribution < 1.29 is 8.81 Å². The minimum Gasteiger partial charge on any atom is -0.419 e. The molecular formula is C12H12BrFN2O. The molecular weight excluding hydrogens is 287 g/mol. The summed E-state index contributed by atoms with van der Waals surface area (Å²) in [6.45, 7) is 3.72. The van der Waals surface area contributed by atoms with Gasteiger partial charge in [-0.3, -0.25) is 0 Å². The third kappa shape index (κ3) is 2.54. The molecule has 1 unspecified atom stereocenters. The summed E-state index contributed by atoms with van der Waals surface area (Å²) in [4.78, 5) is 0.0408. The van der Waals surface area contributed by atoms with E-state index in [9.17, 15) is 4.39 Å². The van der Waals surface area contributed by atoms with Crippen molar-refractivity contribution >= 4 is 15.9 Å². The lowest BCUT2D eigenvalue weighted by molar-refractivity contribution is 0.500. The Morgan fingerprint density at radius 2 is 2.18 bits per heavy atom. The average molecular weight is 299 g/mol. The number of halogens is 2. The Labute approximate surface area is 107 Å². The number of benzene rings is 1. The smallest absolute Gasteiger partial charge is 0.247 e. The van der Waals surface area contributed by atoms with Crippen molar-refractivity contribution in [3.05, 3.63) is 35.5 Å². The first-order chi connectivity index (χ1) is 8.11. The number of rotatable bonds is 3. The SMILES string of the molecule is CCC(Br)c1nnc(-c2ccc(C)c(F)c2)o1. The maximum atomic E-state index is 13.4. The molecule has 1 atom stereocenters.